The molecule has 2 N–H and O–H groups in total. The molecule has 1 amide bonds. The fourth-order valence-corrected chi connectivity index (χ4v) is 0.964. The van der Waals surface area contributed by atoms with Crippen molar-refractivity contribution in [3.8, 4) is 0 Å². The molecule has 1 saturated carbocycles. The first-order valence-corrected chi connectivity index (χ1v) is 4.12. The molecule has 0 bridgehead atoms. The molecule has 0 heterocycles. The van der Waals surface area contributed by atoms with Crippen molar-refractivity contribution >= 4 is 5.91 Å². The van der Waals surface area contributed by atoms with Crippen molar-refractivity contribution in [3.63, 3.8) is 0 Å². The van der Waals surface area contributed by atoms with E-state index in [1.54, 1.807) is 6.92 Å². The molecular formula is C8H15NO2. The van der Waals surface area contributed by atoms with Crippen molar-refractivity contribution in [2.24, 2.45) is 5.92 Å². The SMILES string of the molecule is CC(CO)NC(=O)CC1CC1. The van der Waals surface area contributed by atoms with Crippen LogP contribution < -0.4 is 5.32 Å². The minimum absolute atomic E-state index is 0.0242. The number of aliphatic hydroxyl groups is 1. The summed E-state index contributed by atoms with van der Waals surface area (Å²) in [6.07, 6.45) is 3.03. The van der Waals surface area contributed by atoms with Gasteiger partial charge in [-0.05, 0) is 25.7 Å². The Kier molecular flexibility index (Phi) is 2.88. The molecule has 11 heavy (non-hydrogen) atoms. The summed E-state index contributed by atoms with van der Waals surface area (Å²) in [5, 5.41) is 11.3. The molecule has 1 aliphatic rings. The van der Waals surface area contributed by atoms with Crippen LogP contribution in [0.3, 0.4) is 0 Å². The Hall–Kier alpha value is -0.570. The van der Waals surface area contributed by atoms with E-state index >= 15 is 0 Å². The number of nitrogens with one attached hydrogen (secondary N) is 1. The molecule has 1 aliphatic carbocycles. The lowest BCUT2D eigenvalue weighted by molar-refractivity contribution is -0.122. The number of hydrogen-bond acceptors (Lipinski definition) is 2. The highest BCUT2D eigenvalue weighted by Crippen LogP contribution is 2.32. The largest absolute Gasteiger partial charge is 0.394 e. The van der Waals surface area contributed by atoms with Crippen LogP contribution in [0.5, 0.6) is 0 Å². The predicted octanol–water partition coefficient (Wildman–Crippen LogP) is 0.283. The monoisotopic (exact) mass is 157 g/mol. The third-order valence-electron chi connectivity index (χ3n) is 1.85. The van der Waals surface area contributed by atoms with Crippen molar-refractivity contribution in [3.05, 3.63) is 0 Å². The quantitative estimate of drug-likeness (QED) is 0.616. The van der Waals surface area contributed by atoms with Crippen LogP contribution in [-0.4, -0.2) is 23.7 Å². The molecule has 0 radical (unpaired) electrons. The van der Waals surface area contributed by atoms with Gasteiger partial charge in [0.1, 0.15) is 0 Å². The van der Waals surface area contributed by atoms with E-state index in [0.717, 1.165) is 0 Å². The molecule has 0 saturated heterocycles. The smallest absolute Gasteiger partial charge is 0.220 e. The van der Waals surface area contributed by atoms with E-state index in [4.69, 9.17) is 5.11 Å². The van der Waals surface area contributed by atoms with Crippen LogP contribution >= 0.6 is 0 Å². The van der Waals surface area contributed by atoms with E-state index in [0.29, 0.717) is 12.3 Å². The number of hydrogen-bond donors (Lipinski definition) is 2. The van der Waals surface area contributed by atoms with E-state index in [1.807, 2.05) is 0 Å². The zero-order valence-corrected chi connectivity index (χ0v) is 6.84. The van der Waals surface area contributed by atoms with E-state index in [9.17, 15) is 4.79 Å². The van der Waals surface area contributed by atoms with Crippen LogP contribution in [0.1, 0.15) is 26.2 Å². The zero-order valence-electron chi connectivity index (χ0n) is 6.84. The minimum atomic E-state index is -0.0961. The summed E-state index contributed by atoms with van der Waals surface area (Å²) in [7, 11) is 0. The summed E-state index contributed by atoms with van der Waals surface area (Å²) in [4.78, 5) is 11.0. The highest BCUT2D eigenvalue weighted by Gasteiger charge is 2.24. The maximum Gasteiger partial charge on any atom is 0.220 e. The summed E-state index contributed by atoms with van der Waals surface area (Å²) in [6.45, 7) is 1.82. The Morgan fingerprint density at radius 1 is 1.73 bits per heavy atom. The molecule has 0 spiro atoms. The molecule has 0 aromatic rings. The number of rotatable bonds is 4. The Morgan fingerprint density at radius 3 is 2.82 bits per heavy atom. The summed E-state index contributed by atoms with van der Waals surface area (Å²) >= 11 is 0. The molecule has 0 aliphatic heterocycles. The maximum absolute atomic E-state index is 11.0. The molecule has 64 valence electrons. The summed E-state index contributed by atoms with van der Waals surface area (Å²) in [5.74, 6) is 0.704. The predicted molar refractivity (Wildman–Crippen MR) is 42.0 cm³/mol. The van der Waals surface area contributed by atoms with Gasteiger partial charge in [0, 0.05) is 12.5 Å². The molecule has 0 aromatic carbocycles. The van der Waals surface area contributed by atoms with Crippen LogP contribution in [0.2, 0.25) is 0 Å². The molecule has 1 atom stereocenters. The topological polar surface area (TPSA) is 49.3 Å². The molecule has 1 fully saturated rings. The van der Waals surface area contributed by atoms with Crippen LogP contribution in [0.15, 0.2) is 0 Å². The van der Waals surface area contributed by atoms with Crippen LogP contribution in [0.4, 0.5) is 0 Å². The lowest BCUT2D eigenvalue weighted by Gasteiger charge is -2.09. The van der Waals surface area contributed by atoms with Crippen LogP contribution in [0.25, 0.3) is 0 Å². The number of carbonyl (C=O) groups is 1. The first kappa shape index (κ1) is 8.53. The number of aliphatic hydroxyl groups excluding tert-OH is 1. The average molecular weight is 157 g/mol. The van der Waals surface area contributed by atoms with E-state index in [1.165, 1.54) is 12.8 Å². The van der Waals surface area contributed by atoms with E-state index in [2.05, 4.69) is 5.32 Å². The van der Waals surface area contributed by atoms with Gasteiger partial charge < -0.3 is 10.4 Å². The van der Waals surface area contributed by atoms with E-state index in [-0.39, 0.29) is 18.6 Å². The first-order valence-electron chi connectivity index (χ1n) is 4.12. The second-order valence-corrected chi connectivity index (χ2v) is 3.30. The Bertz CT molecular complexity index is 143. The van der Waals surface area contributed by atoms with Gasteiger partial charge in [-0.1, -0.05) is 0 Å². The lowest BCUT2D eigenvalue weighted by atomic mass is 10.2. The van der Waals surface area contributed by atoms with Crippen molar-refractivity contribution < 1.29 is 9.90 Å². The first-order chi connectivity index (χ1) is 5.22. The van der Waals surface area contributed by atoms with Gasteiger partial charge in [-0.15, -0.1) is 0 Å². The molecule has 3 heteroatoms. The van der Waals surface area contributed by atoms with Crippen LogP contribution in [-0.2, 0) is 4.79 Å². The highest BCUT2D eigenvalue weighted by atomic mass is 16.3. The second-order valence-electron chi connectivity index (χ2n) is 3.30. The lowest BCUT2D eigenvalue weighted by Crippen LogP contribution is -2.35. The van der Waals surface area contributed by atoms with Gasteiger partial charge in [-0.2, -0.15) is 0 Å². The molecule has 3 nitrogen and oxygen atoms in total. The third-order valence-corrected chi connectivity index (χ3v) is 1.85. The Labute approximate surface area is 66.8 Å². The van der Waals surface area contributed by atoms with Gasteiger partial charge in [0.05, 0.1) is 6.61 Å². The van der Waals surface area contributed by atoms with Gasteiger partial charge in [-0.25, -0.2) is 0 Å². The van der Waals surface area contributed by atoms with E-state index < -0.39 is 0 Å². The van der Waals surface area contributed by atoms with Gasteiger partial charge in [0.2, 0.25) is 5.91 Å². The zero-order chi connectivity index (χ0) is 8.27. The summed E-state index contributed by atoms with van der Waals surface area (Å²) in [5.41, 5.74) is 0. The van der Waals surface area contributed by atoms with Gasteiger partial charge in [0.15, 0.2) is 0 Å². The maximum atomic E-state index is 11.0. The van der Waals surface area contributed by atoms with Gasteiger partial charge >= 0.3 is 0 Å². The summed E-state index contributed by atoms with van der Waals surface area (Å²) < 4.78 is 0. The van der Waals surface area contributed by atoms with Crippen molar-refractivity contribution in [1.82, 2.24) is 5.32 Å². The second kappa shape index (κ2) is 3.72. The third kappa shape index (κ3) is 3.37. The number of amides is 1. The van der Waals surface area contributed by atoms with Crippen LogP contribution in [0, 0.1) is 5.92 Å². The normalized spacial score (nSPS) is 19.5. The summed E-state index contributed by atoms with van der Waals surface area (Å²) in [6, 6.07) is -0.0961. The average Bonchev–Trinajstić information content (AvgIpc) is 2.71. The van der Waals surface area contributed by atoms with Gasteiger partial charge in [0.25, 0.3) is 0 Å². The fourth-order valence-electron chi connectivity index (χ4n) is 0.964. The molecular weight excluding hydrogens is 142 g/mol. The molecule has 1 unspecified atom stereocenters. The molecule has 0 aromatic heterocycles. The highest BCUT2D eigenvalue weighted by molar-refractivity contribution is 5.76. The van der Waals surface area contributed by atoms with Crippen molar-refractivity contribution in [2.45, 2.75) is 32.2 Å². The Balaban J connectivity index is 2.08. The molecule has 1 rings (SSSR count). The number of carbonyl (C=O) groups excluding carboxylic acids is 1. The van der Waals surface area contributed by atoms with Crippen molar-refractivity contribution in [2.75, 3.05) is 6.61 Å². The van der Waals surface area contributed by atoms with Crippen molar-refractivity contribution in [1.29, 1.82) is 0 Å². The minimum Gasteiger partial charge on any atom is -0.394 e. The fraction of sp³-hybridized carbons (Fsp3) is 0.875. The van der Waals surface area contributed by atoms with Gasteiger partial charge in [-0.3, -0.25) is 4.79 Å². The standard InChI is InChI=1S/C8H15NO2/c1-6(5-10)9-8(11)4-7-2-3-7/h6-7,10H,2-5H2,1H3,(H,9,11). The Morgan fingerprint density at radius 2 is 2.36 bits per heavy atom.